The summed E-state index contributed by atoms with van der Waals surface area (Å²) in [5.74, 6) is 0.372. The molecule has 2 heterocycles. The molecule has 0 spiro atoms. The minimum absolute atomic E-state index is 0.0587. The lowest BCUT2D eigenvalue weighted by molar-refractivity contribution is 0.0948. The number of aromatic nitrogens is 4. The van der Waals surface area contributed by atoms with Gasteiger partial charge in [0.2, 0.25) is 0 Å². The number of rotatable bonds is 6. The maximum Gasteiger partial charge on any atom is 0.345 e. The lowest BCUT2D eigenvalue weighted by atomic mass is 10.1. The van der Waals surface area contributed by atoms with E-state index in [-0.39, 0.29) is 23.6 Å². The lowest BCUT2D eigenvalue weighted by Gasteiger charge is -2.07. The Kier molecular flexibility index (Phi) is 5.46. The van der Waals surface area contributed by atoms with Gasteiger partial charge in [-0.25, -0.2) is 9.78 Å². The second-order valence-corrected chi connectivity index (χ2v) is 5.82. The zero-order valence-corrected chi connectivity index (χ0v) is 13.5. The molecular formula is C15H20N6O3. The lowest BCUT2D eigenvalue weighted by Crippen LogP contribution is -2.30. The topological polar surface area (TPSA) is 147 Å². The van der Waals surface area contributed by atoms with E-state index in [0.29, 0.717) is 30.3 Å². The smallest absolute Gasteiger partial charge is 0.345 e. The summed E-state index contributed by atoms with van der Waals surface area (Å²) in [6.07, 6.45) is 0.945. The average Bonchev–Trinajstić information content (AvgIpc) is 2.44. The van der Waals surface area contributed by atoms with Crippen molar-refractivity contribution in [1.82, 2.24) is 25.3 Å². The van der Waals surface area contributed by atoms with Gasteiger partial charge in [0.1, 0.15) is 17.3 Å². The van der Waals surface area contributed by atoms with Gasteiger partial charge in [-0.2, -0.15) is 4.98 Å². The van der Waals surface area contributed by atoms with Gasteiger partial charge in [0.25, 0.3) is 11.5 Å². The van der Waals surface area contributed by atoms with Gasteiger partial charge < -0.3 is 21.0 Å². The zero-order valence-electron chi connectivity index (χ0n) is 13.5. The number of aromatic amines is 2. The highest BCUT2D eigenvalue weighted by Crippen LogP contribution is 2.04. The second-order valence-electron chi connectivity index (χ2n) is 5.82. The zero-order chi connectivity index (χ0) is 17.7. The number of carbonyl (C=O) groups excluding carboxylic acids is 1. The molecule has 1 amide bonds. The minimum atomic E-state index is -0.555. The Morgan fingerprint density at radius 2 is 2.00 bits per heavy atom. The number of carbonyl (C=O) groups is 1. The summed E-state index contributed by atoms with van der Waals surface area (Å²) in [5.41, 5.74) is 5.31. The van der Waals surface area contributed by atoms with Gasteiger partial charge in [0, 0.05) is 24.7 Å². The van der Waals surface area contributed by atoms with Crippen LogP contribution in [0.5, 0.6) is 0 Å². The summed E-state index contributed by atoms with van der Waals surface area (Å²) in [4.78, 5) is 47.7. The van der Waals surface area contributed by atoms with Crippen LogP contribution < -0.4 is 22.3 Å². The fraction of sp³-hybridized carbons (Fsp3) is 0.400. The fourth-order valence-electron chi connectivity index (χ4n) is 2.21. The first-order valence-electron chi connectivity index (χ1n) is 7.57. The number of nitrogens with zero attached hydrogens (tertiary/aromatic N) is 2. The predicted molar refractivity (Wildman–Crippen MR) is 88.7 cm³/mol. The molecule has 2 rings (SSSR count). The van der Waals surface area contributed by atoms with E-state index in [1.165, 1.54) is 6.07 Å². The van der Waals surface area contributed by atoms with E-state index in [1.54, 1.807) is 6.07 Å². The van der Waals surface area contributed by atoms with Gasteiger partial charge in [-0.3, -0.25) is 9.59 Å². The molecule has 24 heavy (non-hydrogen) atoms. The molecule has 0 aliphatic carbocycles. The first kappa shape index (κ1) is 17.4. The number of nitrogens with two attached hydrogens (primary N) is 1. The van der Waals surface area contributed by atoms with Gasteiger partial charge in [-0.15, -0.1) is 0 Å². The molecule has 0 aromatic carbocycles. The molecule has 0 saturated heterocycles. The van der Waals surface area contributed by atoms with Crippen LogP contribution in [-0.4, -0.2) is 32.4 Å². The average molecular weight is 332 g/mol. The molecule has 128 valence electrons. The van der Waals surface area contributed by atoms with Crippen LogP contribution in [-0.2, 0) is 12.8 Å². The molecule has 2 aromatic rings. The van der Waals surface area contributed by atoms with Crippen LogP contribution >= 0.6 is 0 Å². The van der Waals surface area contributed by atoms with Gasteiger partial charge in [-0.1, -0.05) is 13.8 Å². The summed E-state index contributed by atoms with van der Waals surface area (Å²) in [5, 5.41) is 2.64. The van der Waals surface area contributed by atoms with E-state index in [2.05, 4.69) is 25.3 Å². The number of H-pyrrole nitrogens is 2. The summed E-state index contributed by atoms with van der Waals surface area (Å²) in [6.45, 7) is 4.24. The van der Waals surface area contributed by atoms with E-state index in [9.17, 15) is 14.4 Å². The van der Waals surface area contributed by atoms with Crippen molar-refractivity contribution in [3.05, 3.63) is 50.2 Å². The standard InChI is InChI=1S/C15H20N6O3/c1-8(2)5-9-6-10(19-15(24)18-9)14(23)17-4-3-12-20-11(16)7-13(22)21-12/h6-8H,3-5H2,1-2H3,(H,17,23)(H,18,19,24)(H3,16,20,21,22). The molecule has 9 nitrogen and oxygen atoms in total. The summed E-state index contributed by atoms with van der Waals surface area (Å²) in [7, 11) is 0. The van der Waals surface area contributed by atoms with Gasteiger partial charge in [0.05, 0.1) is 0 Å². The molecule has 5 N–H and O–H groups in total. The van der Waals surface area contributed by atoms with Gasteiger partial charge in [0.15, 0.2) is 0 Å². The molecule has 0 radical (unpaired) electrons. The highest BCUT2D eigenvalue weighted by Gasteiger charge is 2.11. The fourth-order valence-corrected chi connectivity index (χ4v) is 2.21. The van der Waals surface area contributed by atoms with Crippen LogP contribution in [0.4, 0.5) is 5.82 Å². The molecule has 0 saturated carbocycles. The molecule has 9 heteroatoms. The maximum atomic E-state index is 12.1. The van der Waals surface area contributed by atoms with Crippen molar-refractivity contribution >= 4 is 11.7 Å². The molecule has 0 aliphatic rings. The molecule has 0 aliphatic heterocycles. The third-order valence-electron chi connectivity index (χ3n) is 3.12. The van der Waals surface area contributed by atoms with E-state index in [1.807, 2.05) is 13.8 Å². The number of nitrogens with one attached hydrogen (secondary N) is 3. The van der Waals surface area contributed by atoms with Crippen molar-refractivity contribution in [2.45, 2.75) is 26.7 Å². The Bertz CT molecular complexity index is 840. The van der Waals surface area contributed by atoms with Gasteiger partial charge in [-0.05, 0) is 18.4 Å². The maximum absolute atomic E-state index is 12.1. The third-order valence-corrected chi connectivity index (χ3v) is 3.12. The van der Waals surface area contributed by atoms with Crippen molar-refractivity contribution in [2.24, 2.45) is 5.92 Å². The number of anilines is 1. The summed E-state index contributed by atoms with van der Waals surface area (Å²) in [6, 6.07) is 2.75. The van der Waals surface area contributed by atoms with Crippen molar-refractivity contribution in [3.8, 4) is 0 Å². The van der Waals surface area contributed by atoms with E-state index in [4.69, 9.17) is 5.73 Å². The Hall–Kier alpha value is -2.97. The van der Waals surface area contributed by atoms with Crippen LogP contribution in [0.3, 0.4) is 0 Å². The van der Waals surface area contributed by atoms with Crippen molar-refractivity contribution < 1.29 is 4.79 Å². The van der Waals surface area contributed by atoms with E-state index < -0.39 is 11.6 Å². The normalized spacial score (nSPS) is 10.8. The molecule has 2 aromatic heterocycles. The molecule has 0 bridgehead atoms. The summed E-state index contributed by atoms with van der Waals surface area (Å²) < 4.78 is 0. The number of hydrogen-bond acceptors (Lipinski definition) is 6. The molecular weight excluding hydrogens is 312 g/mol. The molecule has 0 unspecified atom stereocenters. The second kappa shape index (κ2) is 7.53. The first-order chi connectivity index (χ1) is 11.3. The van der Waals surface area contributed by atoms with Crippen LogP contribution in [0.2, 0.25) is 0 Å². The largest absolute Gasteiger partial charge is 0.383 e. The Morgan fingerprint density at radius 1 is 1.25 bits per heavy atom. The quantitative estimate of drug-likeness (QED) is 0.566. The Balaban J connectivity index is 2.00. The predicted octanol–water partition coefficient (Wildman–Crippen LogP) is -0.394. The number of hydrogen-bond donors (Lipinski definition) is 4. The van der Waals surface area contributed by atoms with Crippen LogP contribution in [0.15, 0.2) is 21.7 Å². The van der Waals surface area contributed by atoms with Crippen molar-refractivity contribution in [3.63, 3.8) is 0 Å². The minimum Gasteiger partial charge on any atom is -0.383 e. The molecule has 0 fully saturated rings. The van der Waals surface area contributed by atoms with Crippen molar-refractivity contribution in [2.75, 3.05) is 12.3 Å². The van der Waals surface area contributed by atoms with E-state index in [0.717, 1.165) is 0 Å². The summed E-state index contributed by atoms with van der Waals surface area (Å²) >= 11 is 0. The van der Waals surface area contributed by atoms with Crippen molar-refractivity contribution in [1.29, 1.82) is 0 Å². The Morgan fingerprint density at radius 3 is 2.67 bits per heavy atom. The Labute approximate surface area is 137 Å². The van der Waals surface area contributed by atoms with Crippen LogP contribution in [0.1, 0.15) is 35.9 Å². The van der Waals surface area contributed by atoms with Crippen LogP contribution in [0, 0.1) is 5.92 Å². The highest BCUT2D eigenvalue weighted by atomic mass is 16.2. The monoisotopic (exact) mass is 332 g/mol. The van der Waals surface area contributed by atoms with Crippen LogP contribution in [0.25, 0.3) is 0 Å². The van der Waals surface area contributed by atoms with E-state index >= 15 is 0 Å². The SMILES string of the molecule is CC(C)Cc1cc(C(=O)NCCc2nc(N)cc(=O)[nH]2)nc(=O)[nH]1. The third kappa shape index (κ3) is 5.04. The van der Waals surface area contributed by atoms with Gasteiger partial charge >= 0.3 is 5.69 Å². The first-order valence-corrected chi connectivity index (χ1v) is 7.57. The number of amides is 1. The highest BCUT2D eigenvalue weighted by molar-refractivity contribution is 5.92. The number of nitrogen functional groups attached to an aromatic ring is 1. The molecule has 0 atom stereocenters.